The van der Waals surface area contributed by atoms with Crippen LogP contribution < -0.4 is 5.32 Å². The fourth-order valence-corrected chi connectivity index (χ4v) is 3.27. The molecule has 0 spiro atoms. The first-order valence-corrected chi connectivity index (χ1v) is 8.01. The highest BCUT2D eigenvalue weighted by atomic mass is 32.1. The van der Waals surface area contributed by atoms with Crippen molar-refractivity contribution in [3.05, 3.63) is 57.3 Å². The molecule has 0 fully saturated rings. The summed E-state index contributed by atoms with van der Waals surface area (Å²) in [6.07, 6.45) is 0.917. The van der Waals surface area contributed by atoms with E-state index in [0.717, 1.165) is 16.9 Å². The zero-order chi connectivity index (χ0) is 15.2. The summed E-state index contributed by atoms with van der Waals surface area (Å²) in [6.45, 7) is 4.39. The molecule has 2 aromatic rings. The molecular formula is C17H21NO2S. The van der Waals surface area contributed by atoms with Crippen molar-refractivity contribution in [3.8, 4) is 0 Å². The van der Waals surface area contributed by atoms with E-state index < -0.39 is 6.10 Å². The Morgan fingerprint density at radius 3 is 2.67 bits per heavy atom. The number of thiophene rings is 1. The molecule has 4 heteroatoms. The zero-order valence-corrected chi connectivity index (χ0v) is 13.2. The lowest BCUT2D eigenvalue weighted by molar-refractivity contribution is 0.0920. The lowest BCUT2D eigenvalue weighted by Crippen LogP contribution is -2.32. The lowest BCUT2D eigenvalue weighted by atomic mass is 10.1. The fourth-order valence-electron chi connectivity index (χ4n) is 2.24. The van der Waals surface area contributed by atoms with Gasteiger partial charge in [-0.2, -0.15) is 0 Å². The molecule has 0 aliphatic rings. The third-order valence-electron chi connectivity index (χ3n) is 3.44. The van der Waals surface area contributed by atoms with E-state index in [2.05, 4.69) is 12.2 Å². The van der Waals surface area contributed by atoms with Crippen LogP contribution in [0.25, 0.3) is 0 Å². The topological polar surface area (TPSA) is 49.3 Å². The standard InChI is InChI=1S/C17H21NO2S/c1-3-14-10-16(21-12(14)2)17(20)18-11-15(19)9-13-7-5-4-6-8-13/h4-8,10,15,19H,3,9,11H2,1-2H3,(H,18,20). The van der Waals surface area contributed by atoms with Gasteiger partial charge in [0.2, 0.25) is 0 Å². The number of aryl methyl sites for hydroxylation is 2. The van der Waals surface area contributed by atoms with Crippen molar-refractivity contribution in [1.82, 2.24) is 5.32 Å². The number of hydrogen-bond acceptors (Lipinski definition) is 3. The molecule has 112 valence electrons. The Hall–Kier alpha value is -1.65. The van der Waals surface area contributed by atoms with E-state index in [1.807, 2.05) is 43.3 Å². The van der Waals surface area contributed by atoms with E-state index in [-0.39, 0.29) is 12.5 Å². The van der Waals surface area contributed by atoms with Gasteiger partial charge in [0.1, 0.15) is 0 Å². The van der Waals surface area contributed by atoms with Crippen molar-refractivity contribution in [2.24, 2.45) is 0 Å². The maximum absolute atomic E-state index is 12.1. The molecule has 3 nitrogen and oxygen atoms in total. The van der Waals surface area contributed by atoms with Crippen LogP contribution in [0, 0.1) is 6.92 Å². The van der Waals surface area contributed by atoms with Crippen molar-refractivity contribution >= 4 is 17.2 Å². The summed E-state index contributed by atoms with van der Waals surface area (Å²) >= 11 is 1.51. The van der Waals surface area contributed by atoms with Gasteiger partial charge in [0, 0.05) is 17.8 Å². The molecule has 2 rings (SSSR count). The van der Waals surface area contributed by atoms with Gasteiger partial charge in [0.05, 0.1) is 11.0 Å². The molecule has 1 amide bonds. The minimum absolute atomic E-state index is 0.102. The Balaban J connectivity index is 1.85. The zero-order valence-electron chi connectivity index (χ0n) is 12.4. The summed E-state index contributed by atoms with van der Waals surface area (Å²) in [6, 6.07) is 11.7. The molecule has 1 unspecified atom stereocenters. The maximum atomic E-state index is 12.1. The molecule has 1 heterocycles. The smallest absolute Gasteiger partial charge is 0.261 e. The maximum Gasteiger partial charge on any atom is 0.261 e. The second-order valence-corrected chi connectivity index (χ2v) is 6.36. The number of rotatable bonds is 6. The number of hydrogen-bond donors (Lipinski definition) is 2. The predicted octanol–water partition coefficient (Wildman–Crippen LogP) is 2.95. The van der Waals surface area contributed by atoms with Crippen LogP contribution in [-0.2, 0) is 12.8 Å². The molecular weight excluding hydrogens is 282 g/mol. The van der Waals surface area contributed by atoms with E-state index in [4.69, 9.17) is 0 Å². The van der Waals surface area contributed by atoms with Crippen LogP contribution >= 0.6 is 11.3 Å². The van der Waals surface area contributed by atoms with Crippen LogP contribution in [0.15, 0.2) is 36.4 Å². The van der Waals surface area contributed by atoms with Crippen LogP contribution in [-0.4, -0.2) is 23.7 Å². The molecule has 0 saturated carbocycles. The molecule has 0 radical (unpaired) electrons. The Morgan fingerprint density at radius 1 is 1.33 bits per heavy atom. The quantitative estimate of drug-likeness (QED) is 0.862. The van der Waals surface area contributed by atoms with E-state index >= 15 is 0 Å². The molecule has 0 bridgehead atoms. The molecule has 1 aromatic carbocycles. The molecule has 2 N–H and O–H groups in total. The summed E-state index contributed by atoms with van der Waals surface area (Å²) < 4.78 is 0. The summed E-state index contributed by atoms with van der Waals surface area (Å²) in [4.78, 5) is 14.0. The molecule has 0 aliphatic carbocycles. The van der Waals surface area contributed by atoms with E-state index in [9.17, 15) is 9.90 Å². The number of aliphatic hydroxyl groups excluding tert-OH is 1. The lowest BCUT2D eigenvalue weighted by Gasteiger charge is -2.11. The van der Waals surface area contributed by atoms with Gasteiger partial charge in [-0.3, -0.25) is 4.79 Å². The molecule has 0 saturated heterocycles. The Bertz CT molecular complexity index is 592. The van der Waals surface area contributed by atoms with Crippen LogP contribution in [0.2, 0.25) is 0 Å². The highest BCUT2D eigenvalue weighted by molar-refractivity contribution is 7.14. The monoisotopic (exact) mass is 303 g/mol. The van der Waals surface area contributed by atoms with E-state index in [1.54, 1.807) is 0 Å². The van der Waals surface area contributed by atoms with Crippen molar-refractivity contribution in [1.29, 1.82) is 0 Å². The predicted molar refractivity (Wildman–Crippen MR) is 86.9 cm³/mol. The van der Waals surface area contributed by atoms with Crippen molar-refractivity contribution in [3.63, 3.8) is 0 Å². The van der Waals surface area contributed by atoms with Crippen molar-refractivity contribution in [2.45, 2.75) is 32.8 Å². The van der Waals surface area contributed by atoms with E-state index in [1.165, 1.54) is 21.8 Å². The van der Waals surface area contributed by atoms with Crippen molar-refractivity contribution < 1.29 is 9.90 Å². The Morgan fingerprint density at radius 2 is 2.05 bits per heavy atom. The third kappa shape index (κ3) is 4.41. The highest BCUT2D eigenvalue weighted by Crippen LogP contribution is 2.21. The second kappa shape index (κ2) is 7.38. The molecule has 21 heavy (non-hydrogen) atoms. The van der Waals surface area contributed by atoms with Gasteiger partial charge in [-0.15, -0.1) is 11.3 Å². The van der Waals surface area contributed by atoms with Crippen LogP contribution in [0.3, 0.4) is 0 Å². The average molecular weight is 303 g/mol. The summed E-state index contributed by atoms with van der Waals surface area (Å²) in [5.74, 6) is -0.102. The van der Waals surface area contributed by atoms with Crippen LogP contribution in [0.1, 0.15) is 32.6 Å². The van der Waals surface area contributed by atoms with Gasteiger partial charge in [-0.25, -0.2) is 0 Å². The van der Waals surface area contributed by atoms with Crippen molar-refractivity contribution in [2.75, 3.05) is 6.54 Å². The van der Waals surface area contributed by atoms with Crippen LogP contribution in [0.5, 0.6) is 0 Å². The normalized spacial score (nSPS) is 12.1. The minimum Gasteiger partial charge on any atom is -0.391 e. The van der Waals surface area contributed by atoms with Gasteiger partial charge < -0.3 is 10.4 Å². The Kier molecular flexibility index (Phi) is 5.53. The number of aliphatic hydroxyl groups is 1. The summed E-state index contributed by atoms with van der Waals surface area (Å²) in [7, 11) is 0. The van der Waals surface area contributed by atoms with E-state index in [0.29, 0.717) is 6.42 Å². The van der Waals surface area contributed by atoms with Gasteiger partial charge in [0.25, 0.3) is 5.91 Å². The van der Waals surface area contributed by atoms with Gasteiger partial charge in [-0.1, -0.05) is 37.3 Å². The first kappa shape index (κ1) is 15.7. The minimum atomic E-state index is -0.567. The molecule has 1 aromatic heterocycles. The molecule has 0 aliphatic heterocycles. The first-order valence-electron chi connectivity index (χ1n) is 7.19. The number of carbonyl (C=O) groups is 1. The summed E-state index contributed by atoms with van der Waals surface area (Å²) in [5, 5.41) is 12.8. The largest absolute Gasteiger partial charge is 0.391 e. The number of carbonyl (C=O) groups excluding carboxylic acids is 1. The highest BCUT2D eigenvalue weighted by Gasteiger charge is 2.13. The molecule has 1 atom stereocenters. The number of amides is 1. The van der Waals surface area contributed by atoms with Gasteiger partial charge in [-0.05, 0) is 30.5 Å². The number of benzene rings is 1. The average Bonchev–Trinajstić information content (AvgIpc) is 2.87. The first-order chi connectivity index (χ1) is 10.1. The number of nitrogens with one attached hydrogen (secondary N) is 1. The summed E-state index contributed by atoms with van der Waals surface area (Å²) in [5.41, 5.74) is 2.29. The van der Waals surface area contributed by atoms with Crippen LogP contribution in [0.4, 0.5) is 0 Å². The van der Waals surface area contributed by atoms with Gasteiger partial charge in [0.15, 0.2) is 0 Å². The SMILES string of the molecule is CCc1cc(C(=O)NCC(O)Cc2ccccc2)sc1C. The van der Waals surface area contributed by atoms with Gasteiger partial charge >= 0.3 is 0 Å². The second-order valence-electron chi connectivity index (χ2n) is 5.10. The Labute approximate surface area is 129 Å². The fraction of sp³-hybridized carbons (Fsp3) is 0.353. The third-order valence-corrected chi connectivity index (χ3v) is 4.53.